The van der Waals surface area contributed by atoms with E-state index in [0.717, 1.165) is 25.1 Å². The Hall–Kier alpha value is -2.87. The predicted octanol–water partition coefficient (Wildman–Crippen LogP) is 1.61. The van der Waals surface area contributed by atoms with E-state index in [-0.39, 0.29) is 29.7 Å². The zero-order valence-corrected chi connectivity index (χ0v) is 18.2. The Morgan fingerprint density at radius 3 is 2.57 bits per heavy atom. The van der Waals surface area contributed by atoms with Crippen molar-refractivity contribution in [3.8, 4) is 5.69 Å². The number of nitrogens with one attached hydrogen (secondary N) is 1. The van der Waals surface area contributed by atoms with Crippen LogP contribution in [0.4, 0.5) is 5.69 Å². The van der Waals surface area contributed by atoms with Crippen LogP contribution >= 0.6 is 0 Å². The number of carbonyl (C=O) groups excluding carboxylic acids is 2. The molecule has 1 fully saturated rings. The average molecular weight is 414 g/mol. The van der Waals surface area contributed by atoms with Crippen LogP contribution in [0.25, 0.3) is 5.69 Å². The molecule has 30 heavy (non-hydrogen) atoms. The molecular formula is C22H31N5O3. The van der Waals surface area contributed by atoms with Gasteiger partial charge in [0.05, 0.1) is 17.3 Å². The highest BCUT2D eigenvalue weighted by molar-refractivity contribution is 5.91. The zero-order chi connectivity index (χ0) is 21.8. The van der Waals surface area contributed by atoms with Crippen LogP contribution < -0.4 is 10.9 Å². The Morgan fingerprint density at radius 2 is 1.90 bits per heavy atom. The van der Waals surface area contributed by atoms with Crippen molar-refractivity contribution in [3.05, 3.63) is 46.4 Å². The summed E-state index contributed by atoms with van der Waals surface area (Å²) in [5.41, 5.74) is 1.51. The molecule has 1 aliphatic rings. The standard InChI is InChI=1S/C22H31N5O3/c1-16-20(22(30)27(25(16)4)18-10-6-5-7-11-18)23-19(28)12-14-26-13-8-9-17(15-26)21(29)24(2)3/h5-7,10-11,17H,8-9,12-15H2,1-4H3,(H,23,28). The van der Waals surface area contributed by atoms with Crippen molar-refractivity contribution in [3.63, 3.8) is 0 Å². The van der Waals surface area contributed by atoms with Gasteiger partial charge in [0.1, 0.15) is 5.69 Å². The number of amides is 2. The Kier molecular flexibility index (Phi) is 6.77. The van der Waals surface area contributed by atoms with Crippen LogP contribution in [0.15, 0.2) is 35.1 Å². The van der Waals surface area contributed by atoms with Gasteiger partial charge >= 0.3 is 0 Å². The lowest BCUT2D eigenvalue weighted by Gasteiger charge is -2.33. The number of nitrogens with zero attached hydrogens (tertiary/aromatic N) is 4. The van der Waals surface area contributed by atoms with Crippen molar-refractivity contribution >= 4 is 17.5 Å². The summed E-state index contributed by atoms with van der Waals surface area (Å²) in [5, 5.41) is 2.81. The lowest BCUT2D eigenvalue weighted by Crippen LogP contribution is -2.43. The molecule has 1 unspecified atom stereocenters. The molecule has 1 aliphatic heterocycles. The maximum absolute atomic E-state index is 12.9. The van der Waals surface area contributed by atoms with Crippen LogP contribution in [-0.4, -0.2) is 64.7 Å². The van der Waals surface area contributed by atoms with Gasteiger partial charge in [0, 0.05) is 40.7 Å². The van der Waals surface area contributed by atoms with E-state index in [4.69, 9.17) is 0 Å². The molecule has 0 radical (unpaired) electrons. The number of likely N-dealkylation sites (tertiary alicyclic amines) is 1. The molecule has 1 atom stereocenters. The first-order valence-corrected chi connectivity index (χ1v) is 10.4. The molecule has 1 N–H and O–H groups in total. The third-order valence-electron chi connectivity index (χ3n) is 5.77. The van der Waals surface area contributed by atoms with Gasteiger partial charge in [-0.2, -0.15) is 0 Å². The highest BCUT2D eigenvalue weighted by Crippen LogP contribution is 2.19. The number of benzene rings is 1. The van der Waals surface area contributed by atoms with Gasteiger partial charge in [-0.3, -0.25) is 19.1 Å². The summed E-state index contributed by atoms with van der Waals surface area (Å²) in [5.74, 6) is -0.0566. The molecule has 0 bridgehead atoms. The van der Waals surface area contributed by atoms with Crippen molar-refractivity contribution in [1.82, 2.24) is 19.2 Å². The Morgan fingerprint density at radius 1 is 1.20 bits per heavy atom. The fourth-order valence-corrected chi connectivity index (χ4v) is 4.00. The van der Waals surface area contributed by atoms with Gasteiger partial charge in [0.2, 0.25) is 11.8 Å². The van der Waals surface area contributed by atoms with Crippen LogP contribution in [0.1, 0.15) is 25.0 Å². The number of carbonyl (C=O) groups is 2. The fourth-order valence-electron chi connectivity index (χ4n) is 4.00. The van der Waals surface area contributed by atoms with Gasteiger partial charge < -0.3 is 15.1 Å². The maximum Gasteiger partial charge on any atom is 0.295 e. The third-order valence-corrected chi connectivity index (χ3v) is 5.77. The number of aromatic nitrogens is 2. The van der Waals surface area contributed by atoms with Crippen LogP contribution in [0.5, 0.6) is 0 Å². The molecule has 8 heteroatoms. The topological polar surface area (TPSA) is 79.6 Å². The second kappa shape index (κ2) is 9.30. The van der Waals surface area contributed by atoms with Gasteiger partial charge in [0.15, 0.2) is 0 Å². The highest BCUT2D eigenvalue weighted by Gasteiger charge is 2.27. The van der Waals surface area contributed by atoms with Gasteiger partial charge in [-0.05, 0) is 38.4 Å². The van der Waals surface area contributed by atoms with E-state index in [1.54, 1.807) is 35.4 Å². The molecule has 1 aromatic heterocycles. The van der Waals surface area contributed by atoms with Crippen LogP contribution in [0.2, 0.25) is 0 Å². The normalized spacial score (nSPS) is 17.0. The molecule has 162 valence electrons. The lowest BCUT2D eigenvalue weighted by atomic mass is 9.96. The van der Waals surface area contributed by atoms with E-state index in [2.05, 4.69) is 10.2 Å². The van der Waals surface area contributed by atoms with E-state index < -0.39 is 0 Å². The molecule has 2 amide bonds. The minimum absolute atomic E-state index is 0.00810. The first-order chi connectivity index (χ1) is 14.3. The molecule has 3 rings (SSSR count). The van der Waals surface area contributed by atoms with Crippen LogP contribution in [0.3, 0.4) is 0 Å². The van der Waals surface area contributed by atoms with Gasteiger partial charge in [-0.1, -0.05) is 18.2 Å². The summed E-state index contributed by atoms with van der Waals surface area (Å²) < 4.78 is 3.29. The minimum Gasteiger partial charge on any atom is -0.349 e. The average Bonchev–Trinajstić information content (AvgIpc) is 2.95. The minimum atomic E-state index is -0.246. The van der Waals surface area contributed by atoms with Gasteiger partial charge in [0.25, 0.3) is 5.56 Å². The summed E-state index contributed by atoms with van der Waals surface area (Å²) in [4.78, 5) is 41.5. The molecule has 2 aromatic rings. The van der Waals surface area contributed by atoms with Gasteiger partial charge in [-0.25, -0.2) is 4.68 Å². The molecule has 1 saturated heterocycles. The molecule has 1 aromatic carbocycles. The molecule has 2 heterocycles. The largest absolute Gasteiger partial charge is 0.349 e. The number of hydrogen-bond donors (Lipinski definition) is 1. The lowest BCUT2D eigenvalue weighted by molar-refractivity contribution is -0.134. The van der Waals surface area contributed by atoms with Crippen molar-refractivity contribution in [1.29, 1.82) is 0 Å². The number of hydrogen-bond acceptors (Lipinski definition) is 4. The highest BCUT2D eigenvalue weighted by atomic mass is 16.2. The van der Waals surface area contributed by atoms with Crippen LogP contribution in [0, 0.1) is 12.8 Å². The summed E-state index contributed by atoms with van der Waals surface area (Å²) in [6, 6.07) is 9.34. The van der Waals surface area contributed by atoms with Crippen molar-refractivity contribution in [2.75, 3.05) is 39.0 Å². The third kappa shape index (κ3) is 4.64. The van der Waals surface area contributed by atoms with E-state index in [1.807, 2.05) is 37.3 Å². The number of rotatable bonds is 6. The summed E-state index contributed by atoms with van der Waals surface area (Å²) >= 11 is 0. The predicted molar refractivity (Wildman–Crippen MR) is 117 cm³/mol. The first kappa shape index (κ1) is 21.8. The zero-order valence-electron chi connectivity index (χ0n) is 18.2. The Labute approximate surface area is 177 Å². The number of piperidine rings is 1. The molecule has 0 spiro atoms. The van der Waals surface area contributed by atoms with E-state index in [9.17, 15) is 14.4 Å². The second-order valence-corrected chi connectivity index (χ2v) is 8.11. The van der Waals surface area contributed by atoms with Crippen molar-refractivity contribution in [2.45, 2.75) is 26.2 Å². The van der Waals surface area contributed by atoms with E-state index in [1.165, 1.54) is 0 Å². The monoisotopic (exact) mass is 413 g/mol. The number of para-hydroxylation sites is 1. The fraction of sp³-hybridized carbons (Fsp3) is 0.500. The maximum atomic E-state index is 12.9. The van der Waals surface area contributed by atoms with Crippen LogP contribution in [-0.2, 0) is 16.6 Å². The molecule has 8 nitrogen and oxygen atoms in total. The van der Waals surface area contributed by atoms with E-state index >= 15 is 0 Å². The first-order valence-electron chi connectivity index (χ1n) is 10.4. The Bertz CT molecular complexity index is 961. The second-order valence-electron chi connectivity index (χ2n) is 8.11. The number of anilines is 1. The van der Waals surface area contributed by atoms with E-state index in [0.29, 0.717) is 24.5 Å². The molecule has 0 saturated carbocycles. The summed E-state index contributed by atoms with van der Waals surface area (Å²) in [6.45, 7) is 3.95. The van der Waals surface area contributed by atoms with Crippen molar-refractivity contribution in [2.24, 2.45) is 13.0 Å². The summed E-state index contributed by atoms with van der Waals surface area (Å²) in [6.07, 6.45) is 2.12. The Balaban J connectivity index is 1.63. The van der Waals surface area contributed by atoms with Gasteiger partial charge in [-0.15, -0.1) is 0 Å². The quantitative estimate of drug-likeness (QED) is 0.780. The molecule has 0 aliphatic carbocycles. The summed E-state index contributed by atoms with van der Waals surface area (Å²) in [7, 11) is 5.35. The molecular weight excluding hydrogens is 382 g/mol. The SMILES string of the molecule is Cc1c(NC(=O)CCN2CCCC(C(=O)N(C)C)C2)c(=O)n(-c2ccccc2)n1C. The smallest absolute Gasteiger partial charge is 0.295 e. The van der Waals surface area contributed by atoms with Crippen molar-refractivity contribution < 1.29 is 9.59 Å².